The van der Waals surface area contributed by atoms with E-state index in [2.05, 4.69) is 43.4 Å². The fraction of sp³-hybridized carbons (Fsp3) is 0.545. The molecule has 1 aromatic carbocycles. The molecular formula is C22H32N2O2. The Hall–Kier alpha value is -1.94. The van der Waals surface area contributed by atoms with E-state index in [0.717, 1.165) is 17.9 Å². The molecule has 1 saturated carbocycles. The van der Waals surface area contributed by atoms with Crippen molar-refractivity contribution >= 4 is 5.69 Å². The zero-order chi connectivity index (χ0) is 18.5. The maximum Gasteiger partial charge on any atom is 0.188 e. The maximum absolute atomic E-state index is 5.98. The predicted octanol–water partition coefficient (Wildman–Crippen LogP) is 4.37. The van der Waals surface area contributed by atoms with Gasteiger partial charge in [-0.05, 0) is 68.0 Å². The fourth-order valence-electron chi connectivity index (χ4n) is 4.26. The Balaban J connectivity index is 1.78. The zero-order valence-electron chi connectivity index (χ0n) is 16.3. The second-order valence-corrected chi connectivity index (χ2v) is 7.61. The molecule has 0 spiro atoms. The van der Waals surface area contributed by atoms with E-state index < -0.39 is 0 Å². The van der Waals surface area contributed by atoms with Crippen molar-refractivity contribution < 1.29 is 9.47 Å². The van der Waals surface area contributed by atoms with Crippen LogP contribution in [0.5, 0.6) is 0 Å². The zero-order valence-corrected chi connectivity index (χ0v) is 16.3. The number of ether oxygens (including phenoxy) is 2. The summed E-state index contributed by atoms with van der Waals surface area (Å²) in [6.07, 6.45) is 11.7. The smallest absolute Gasteiger partial charge is 0.188 e. The van der Waals surface area contributed by atoms with Gasteiger partial charge in [-0.3, -0.25) is 0 Å². The van der Waals surface area contributed by atoms with Crippen LogP contribution in [0.2, 0.25) is 0 Å². The minimum Gasteiger partial charge on any atom is -0.466 e. The molecule has 1 aliphatic heterocycles. The van der Waals surface area contributed by atoms with Crippen LogP contribution < -0.4 is 11.1 Å². The number of allylic oxidation sites excluding steroid dienone is 2. The Kier molecular flexibility index (Phi) is 6.25. The maximum atomic E-state index is 5.98. The molecule has 2 aliphatic rings. The van der Waals surface area contributed by atoms with E-state index in [1.54, 1.807) is 7.11 Å². The highest BCUT2D eigenvalue weighted by Crippen LogP contribution is 2.33. The summed E-state index contributed by atoms with van der Waals surface area (Å²) >= 11 is 0. The number of hydrogen-bond donors (Lipinski definition) is 2. The van der Waals surface area contributed by atoms with Crippen molar-refractivity contribution in [3.8, 4) is 0 Å². The van der Waals surface area contributed by atoms with Gasteiger partial charge in [-0.2, -0.15) is 0 Å². The number of hydrogen-bond acceptors (Lipinski definition) is 4. The number of methoxy groups -OCH3 is 1. The third-order valence-corrected chi connectivity index (χ3v) is 5.57. The lowest BCUT2D eigenvalue weighted by Gasteiger charge is -2.32. The first-order valence-corrected chi connectivity index (χ1v) is 9.74. The monoisotopic (exact) mass is 356 g/mol. The van der Waals surface area contributed by atoms with Crippen molar-refractivity contribution in [1.29, 1.82) is 0 Å². The van der Waals surface area contributed by atoms with Gasteiger partial charge in [0.15, 0.2) is 6.79 Å². The van der Waals surface area contributed by atoms with Gasteiger partial charge < -0.3 is 20.5 Å². The van der Waals surface area contributed by atoms with Crippen LogP contribution in [0.15, 0.2) is 35.7 Å². The number of dihydropyridines is 1. The van der Waals surface area contributed by atoms with Gasteiger partial charge >= 0.3 is 0 Å². The first-order valence-electron chi connectivity index (χ1n) is 9.74. The number of nitrogens with one attached hydrogen (secondary N) is 1. The average molecular weight is 357 g/mol. The lowest BCUT2D eigenvalue weighted by atomic mass is 9.84. The molecule has 26 heavy (non-hydrogen) atoms. The summed E-state index contributed by atoms with van der Waals surface area (Å²) < 4.78 is 11.0. The lowest BCUT2D eigenvalue weighted by Crippen LogP contribution is -2.36. The number of anilines is 1. The number of benzene rings is 1. The average Bonchev–Trinajstić information content (AvgIpc) is 2.64. The van der Waals surface area contributed by atoms with E-state index in [1.165, 1.54) is 54.5 Å². The summed E-state index contributed by atoms with van der Waals surface area (Å²) in [4.78, 5) is 0. The van der Waals surface area contributed by atoms with Gasteiger partial charge in [-0.15, -0.1) is 0 Å². The third kappa shape index (κ3) is 4.42. The second kappa shape index (κ2) is 8.63. The Morgan fingerprint density at radius 1 is 1.12 bits per heavy atom. The third-order valence-electron chi connectivity index (χ3n) is 5.57. The Labute approximate surface area is 157 Å². The summed E-state index contributed by atoms with van der Waals surface area (Å²) in [7, 11) is 1.66. The molecule has 1 aliphatic carbocycles. The fourth-order valence-corrected chi connectivity index (χ4v) is 4.26. The number of nitrogens with two attached hydrogens (primary N) is 1. The summed E-state index contributed by atoms with van der Waals surface area (Å²) in [6.45, 7) is 4.59. The molecule has 3 N–H and O–H groups in total. The molecule has 4 heteroatoms. The van der Waals surface area contributed by atoms with E-state index in [-0.39, 0.29) is 6.04 Å². The standard InChI is InChI=1S/C22H32N2O2/c1-15-11-18(23)12-16(2)20(15)13-19-9-10-21(26-14-25-3)22(24-19)17-7-5-4-6-8-17/h9-12,17,19,24H,4-8,13-14,23H2,1-3H3. The molecule has 0 radical (unpaired) electrons. The minimum atomic E-state index is 0.280. The van der Waals surface area contributed by atoms with Crippen LogP contribution in [0, 0.1) is 19.8 Å². The van der Waals surface area contributed by atoms with Gasteiger partial charge in [0, 0.05) is 24.8 Å². The van der Waals surface area contributed by atoms with Gasteiger partial charge in [0.2, 0.25) is 0 Å². The highest BCUT2D eigenvalue weighted by molar-refractivity contribution is 5.49. The molecule has 0 saturated heterocycles. The minimum absolute atomic E-state index is 0.280. The molecule has 1 fully saturated rings. The number of nitrogen functional groups attached to an aromatic ring is 1. The Morgan fingerprint density at radius 3 is 2.46 bits per heavy atom. The summed E-state index contributed by atoms with van der Waals surface area (Å²) in [6, 6.07) is 4.42. The van der Waals surface area contributed by atoms with Crippen molar-refractivity contribution in [2.75, 3.05) is 19.6 Å². The van der Waals surface area contributed by atoms with Gasteiger partial charge in [0.1, 0.15) is 5.76 Å². The Bertz CT molecular complexity index is 664. The van der Waals surface area contributed by atoms with E-state index in [9.17, 15) is 0 Å². The first kappa shape index (κ1) is 18.8. The summed E-state index contributed by atoms with van der Waals surface area (Å²) in [5, 5.41) is 3.78. The molecular weight excluding hydrogens is 324 g/mol. The topological polar surface area (TPSA) is 56.5 Å². The molecule has 1 aromatic rings. The van der Waals surface area contributed by atoms with E-state index in [4.69, 9.17) is 15.2 Å². The second-order valence-electron chi connectivity index (χ2n) is 7.61. The molecule has 3 rings (SSSR count). The molecule has 1 heterocycles. The van der Waals surface area contributed by atoms with Gasteiger partial charge in [-0.25, -0.2) is 0 Å². The van der Waals surface area contributed by atoms with Crippen LogP contribution in [0.25, 0.3) is 0 Å². The lowest BCUT2D eigenvalue weighted by molar-refractivity contribution is 0.00682. The van der Waals surface area contributed by atoms with Crippen LogP contribution in [0.1, 0.15) is 48.8 Å². The Morgan fingerprint density at radius 2 is 1.81 bits per heavy atom. The van der Waals surface area contributed by atoms with E-state index >= 15 is 0 Å². The van der Waals surface area contributed by atoms with Gasteiger partial charge in [-0.1, -0.05) is 25.3 Å². The first-order chi connectivity index (χ1) is 12.6. The molecule has 0 bridgehead atoms. The van der Waals surface area contributed by atoms with Gasteiger partial charge in [0.05, 0.1) is 5.70 Å². The van der Waals surface area contributed by atoms with Crippen LogP contribution in [-0.2, 0) is 15.9 Å². The molecule has 0 amide bonds. The van der Waals surface area contributed by atoms with Crippen LogP contribution >= 0.6 is 0 Å². The SMILES string of the molecule is COCOC1=C(C2CCCCC2)NC(Cc2c(C)cc(N)cc2C)C=C1. The van der Waals surface area contributed by atoms with Crippen molar-refractivity contribution in [2.45, 2.75) is 58.4 Å². The summed E-state index contributed by atoms with van der Waals surface area (Å²) in [5.41, 5.74) is 12.0. The highest BCUT2D eigenvalue weighted by atomic mass is 16.7. The molecule has 0 aromatic heterocycles. The molecule has 142 valence electrons. The number of rotatable bonds is 6. The molecule has 1 unspecified atom stereocenters. The van der Waals surface area contributed by atoms with Gasteiger partial charge in [0.25, 0.3) is 0 Å². The largest absolute Gasteiger partial charge is 0.466 e. The number of aryl methyl sites for hydroxylation is 2. The van der Waals surface area contributed by atoms with Crippen molar-refractivity contribution in [2.24, 2.45) is 5.92 Å². The normalized spacial score (nSPS) is 21.0. The predicted molar refractivity (Wildman–Crippen MR) is 107 cm³/mol. The highest BCUT2D eigenvalue weighted by Gasteiger charge is 2.26. The van der Waals surface area contributed by atoms with E-state index in [0.29, 0.717) is 12.7 Å². The van der Waals surface area contributed by atoms with Crippen molar-refractivity contribution in [1.82, 2.24) is 5.32 Å². The van der Waals surface area contributed by atoms with Crippen molar-refractivity contribution in [3.05, 3.63) is 52.4 Å². The summed E-state index contributed by atoms with van der Waals surface area (Å²) in [5.74, 6) is 1.51. The van der Waals surface area contributed by atoms with Crippen LogP contribution in [0.3, 0.4) is 0 Å². The van der Waals surface area contributed by atoms with E-state index in [1.807, 2.05) is 0 Å². The molecule has 1 atom stereocenters. The quantitative estimate of drug-likeness (QED) is 0.587. The van der Waals surface area contributed by atoms with Crippen molar-refractivity contribution in [3.63, 3.8) is 0 Å². The van der Waals surface area contributed by atoms with Crippen LogP contribution in [0.4, 0.5) is 5.69 Å². The molecule has 4 nitrogen and oxygen atoms in total. The van der Waals surface area contributed by atoms with Crippen LogP contribution in [-0.4, -0.2) is 19.9 Å².